The van der Waals surface area contributed by atoms with E-state index in [-0.39, 0.29) is 24.2 Å². The van der Waals surface area contributed by atoms with Crippen molar-refractivity contribution in [2.24, 2.45) is 0 Å². The smallest absolute Gasteiger partial charge is 0.234 e. The van der Waals surface area contributed by atoms with E-state index in [2.05, 4.69) is 20.8 Å². The number of aromatic nitrogens is 3. The van der Waals surface area contributed by atoms with Gasteiger partial charge in [-0.05, 0) is 54.1 Å². The number of halogens is 1. The van der Waals surface area contributed by atoms with Gasteiger partial charge < -0.3 is 15.4 Å². The fraction of sp³-hybridized carbons (Fsp3) is 0.154. The molecule has 184 valence electrons. The van der Waals surface area contributed by atoms with Gasteiger partial charge in [-0.1, -0.05) is 53.7 Å². The third-order valence-corrected chi connectivity index (χ3v) is 6.20. The van der Waals surface area contributed by atoms with E-state index in [0.717, 1.165) is 5.56 Å². The van der Waals surface area contributed by atoms with Crippen LogP contribution in [0.1, 0.15) is 18.3 Å². The van der Waals surface area contributed by atoms with Crippen LogP contribution < -0.4 is 15.4 Å². The van der Waals surface area contributed by atoms with E-state index in [1.807, 2.05) is 34.9 Å². The number of ether oxygens (including phenoxy) is 1. The van der Waals surface area contributed by atoms with Crippen LogP contribution in [-0.2, 0) is 22.7 Å². The monoisotopic (exact) mass is 521 g/mol. The van der Waals surface area contributed by atoms with Crippen molar-refractivity contribution in [2.45, 2.75) is 25.2 Å². The molecule has 0 aliphatic heterocycles. The summed E-state index contributed by atoms with van der Waals surface area (Å²) in [4.78, 5) is 23.7. The first-order valence-electron chi connectivity index (χ1n) is 11.1. The van der Waals surface area contributed by atoms with Crippen molar-refractivity contribution in [1.29, 1.82) is 0 Å². The molecule has 8 nitrogen and oxygen atoms in total. The quantitative estimate of drug-likeness (QED) is 0.277. The number of hydrogen-bond acceptors (Lipinski definition) is 6. The Hall–Kier alpha value is -3.82. The molecule has 1 heterocycles. The zero-order chi connectivity index (χ0) is 25.3. The maximum atomic E-state index is 12.5. The van der Waals surface area contributed by atoms with Crippen LogP contribution >= 0.6 is 23.4 Å². The van der Waals surface area contributed by atoms with Gasteiger partial charge in [0.15, 0.2) is 11.0 Å². The summed E-state index contributed by atoms with van der Waals surface area (Å²) >= 11 is 7.21. The molecule has 0 saturated carbocycles. The first kappa shape index (κ1) is 25.3. The van der Waals surface area contributed by atoms with Gasteiger partial charge in [0.1, 0.15) is 12.4 Å². The average Bonchev–Trinajstić information content (AvgIpc) is 3.25. The maximum Gasteiger partial charge on any atom is 0.234 e. The first-order chi connectivity index (χ1) is 17.5. The molecule has 3 aromatic carbocycles. The standard InChI is InChI=1S/C26H24ClN5O3S/c1-18(33)28-21-11-13-23(14-12-21)35-16-24-30-31-26(32(24)15-19-5-3-2-4-6-19)36-17-25(34)29-22-9-7-20(27)8-10-22/h2-14H,15-17H2,1H3,(H,28,33)(H,29,34). The summed E-state index contributed by atoms with van der Waals surface area (Å²) in [5.74, 6) is 1.14. The van der Waals surface area contributed by atoms with E-state index >= 15 is 0 Å². The van der Waals surface area contributed by atoms with Crippen LogP contribution in [0, 0.1) is 0 Å². The Bertz CT molecular complexity index is 1310. The van der Waals surface area contributed by atoms with Gasteiger partial charge in [0.05, 0.1) is 12.3 Å². The highest BCUT2D eigenvalue weighted by Crippen LogP contribution is 2.22. The number of anilines is 2. The van der Waals surface area contributed by atoms with Crippen LogP contribution in [0.3, 0.4) is 0 Å². The Kier molecular flexibility index (Phi) is 8.59. The molecule has 0 aliphatic carbocycles. The van der Waals surface area contributed by atoms with Gasteiger partial charge in [0, 0.05) is 23.3 Å². The van der Waals surface area contributed by atoms with Gasteiger partial charge in [-0.25, -0.2) is 0 Å². The van der Waals surface area contributed by atoms with Crippen molar-refractivity contribution in [3.8, 4) is 5.75 Å². The molecule has 0 radical (unpaired) electrons. The first-order valence-corrected chi connectivity index (χ1v) is 12.5. The minimum Gasteiger partial charge on any atom is -0.486 e. The number of hydrogen-bond donors (Lipinski definition) is 2. The SMILES string of the molecule is CC(=O)Nc1ccc(OCc2nnc(SCC(=O)Nc3ccc(Cl)cc3)n2Cc2ccccc2)cc1. The summed E-state index contributed by atoms with van der Waals surface area (Å²) < 4.78 is 7.87. The van der Waals surface area contributed by atoms with Crippen molar-refractivity contribution >= 4 is 46.6 Å². The van der Waals surface area contributed by atoms with Gasteiger partial charge in [-0.15, -0.1) is 10.2 Å². The molecule has 0 unspecified atom stereocenters. The summed E-state index contributed by atoms with van der Waals surface area (Å²) in [6, 6.07) is 24.0. The Balaban J connectivity index is 1.44. The average molecular weight is 522 g/mol. The van der Waals surface area contributed by atoms with Gasteiger partial charge in [0.2, 0.25) is 11.8 Å². The van der Waals surface area contributed by atoms with E-state index in [0.29, 0.717) is 39.7 Å². The Morgan fingerprint density at radius 1 is 0.917 bits per heavy atom. The number of thioether (sulfide) groups is 1. The van der Waals surface area contributed by atoms with Crippen LogP contribution in [0.4, 0.5) is 11.4 Å². The van der Waals surface area contributed by atoms with Crippen LogP contribution in [0.15, 0.2) is 84.0 Å². The van der Waals surface area contributed by atoms with Crippen LogP contribution in [0.25, 0.3) is 0 Å². The van der Waals surface area contributed by atoms with Crippen LogP contribution in [-0.4, -0.2) is 32.3 Å². The Morgan fingerprint density at radius 3 is 2.28 bits per heavy atom. The molecule has 2 amide bonds. The number of carbonyl (C=O) groups excluding carboxylic acids is 2. The molecule has 0 spiro atoms. The molecule has 0 fully saturated rings. The van der Waals surface area contributed by atoms with Crippen LogP contribution in [0.2, 0.25) is 5.02 Å². The molecular weight excluding hydrogens is 498 g/mol. The van der Waals surface area contributed by atoms with Gasteiger partial charge in [-0.2, -0.15) is 0 Å². The summed E-state index contributed by atoms with van der Waals surface area (Å²) in [6.07, 6.45) is 0. The molecule has 0 saturated heterocycles. The van der Waals surface area contributed by atoms with Crippen LogP contribution in [0.5, 0.6) is 5.75 Å². The van der Waals surface area contributed by atoms with Gasteiger partial charge in [0.25, 0.3) is 0 Å². The number of rotatable bonds is 10. The van der Waals surface area contributed by atoms with E-state index in [1.165, 1.54) is 18.7 Å². The number of nitrogens with one attached hydrogen (secondary N) is 2. The molecule has 4 aromatic rings. The zero-order valence-corrected chi connectivity index (χ0v) is 21.1. The second-order valence-electron chi connectivity index (χ2n) is 7.81. The number of amides is 2. The Labute approximate surface area is 218 Å². The van der Waals surface area contributed by atoms with E-state index in [1.54, 1.807) is 48.5 Å². The maximum absolute atomic E-state index is 12.5. The topological polar surface area (TPSA) is 98.1 Å². The fourth-order valence-corrected chi connectivity index (χ4v) is 4.19. The molecule has 0 atom stereocenters. The fourth-order valence-electron chi connectivity index (χ4n) is 3.30. The van der Waals surface area contributed by atoms with E-state index < -0.39 is 0 Å². The highest BCUT2D eigenvalue weighted by atomic mass is 35.5. The molecule has 0 aliphatic rings. The lowest BCUT2D eigenvalue weighted by Gasteiger charge is -2.12. The lowest BCUT2D eigenvalue weighted by molar-refractivity contribution is -0.114. The lowest BCUT2D eigenvalue weighted by Crippen LogP contribution is -2.15. The van der Waals surface area contributed by atoms with E-state index in [4.69, 9.17) is 16.3 Å². The van der Waals surface area contributed by atoms with Crippen molar-refractivity contribution in [3.05, 3.63) is 95.3 Å². The highest BCUT2D eigenvalue weighted by molar-refractivity contribution is 7.99. The molecule has 36 heavy (non-hydrogen) atoms. The van der Waals surface area contributed by atoms with Crippen molar-refractivity contribution in [1.82, 2.24) is 14.8 Å². The second-order valence-corrected chi connectivity index (χ2v) is 9.19. The highest BCUT2D eigenvalue weighted by Gasteiger charge is 2.16. The zero-order valence-electron chi connectivity index (χ0n) is 19.5. The number of benzene rings is 3. The number of nitrogens with zero attached hydrogens (tertiary/aromatic N) is 3. The van der Waals surface area contributed by atoms with Gasteiger partial charge in [-0.3, -0.25) is 14.2 Å². The summed E-state index contributed by atoms with van der Waals surface area (Å²) in [6.45, 7) is 2.19. The van der Waals surface area contributed by atoms with Crippen molar-refractivity contribution < 1.29 is 14.3 Å². The summed E-state index contributed by atoms with van der Waals surface area (Å²) in [5, 5.41) is 15.4. The normalized spacial score (nSPS) is 10.6. The van der Waals surface area contributed by atoms with Crippen molar-refractivity contribution in [3.63, 3.8) is 0 Å². The molecule has 1 aromatic heterocycles. The predicted molar refractivity (Wildman–Crippen MR) is 141 cm³/mol. The summed E-state index contributed by atoms with van der Waals surface area (Å²) in [5.41, 5.74) is 2.44. The predicted octanol–water partition coefficient (Wildman–Crippen LogP) is 5.25. The number of carbonyl (C=O) groups is 2. The molecule has 4 rings (SSSR count). The minimum atomic E-state index is -0.159. The molecular formula is C26H24ClN5O3S. The van der Waals surface area contributed by atoms with E-state index in [9.17, 15) is 9.59 Å². The molecule has 2 N–H and O–H groups in total. The molecule has 10 heteroatoms. The Morgan fingerprint density at radius 2 is 1.58 bits per heavy atom. The largest absolute Gasteiger partial charge is 0.486 e. The third kappa shape index (κ3) is 7.34. The third-order valence-electron chi connectivity index (χ3n) is 4.98. The molecule has 0 bridgehead atoms. The minimum absolute atomic E-state index is 0.135. The lowest BCUT2D eigenvalue weighted by atomic mass is 10.2. The second kappa shape index (κ2) is 12.2. The van der Waals surface area contributed by atoms with Crippen molar-refractivity contribution in [2.75, 3.05) is 16.4 Å². The summed E-state index contributed by atoms with van der Waals surface area (Å²) in [7, 11) is 0. The van der Waals surface area contributed by atoms with Gasteiger partial charge >= 0.3 is 0 Å².